The van der Waals surface area contributed by atoms with Gasteiger partial charge in [-0.1, -0.05) is 331 Å². The summed E-state index contributed by atoms with van der Waals surface area (Å²) in [5.41, 5.74) is 0. The first-order chi connectivity index (χ1) is 45.3. The summed E-state index contributed by atoms with van der Waals surface area (Å²) in [6, 6.07) is 0. The van der Waals surface area contributed by atoms with E-state index in [0.717, 1.165) is 108 Å². The zero-order valence-electron chi connectivity index (χ0n) is 61.4. The summed E-state index contributed by atoms with van der Waals surface area (Å²) in [5, 5.41) is 10.6. The minimum absolute atomic E-state index is 0.106. The zero-order valence-corrected chi connectivity index (χ0v) is 63.2. The number of hydrogen-bond acceptors (Lipinski definition) is 15. The lowest BCUT2D eigenvalue weighted by molar-refractivity contribution is -0.161. The van der Waals surface area contributed by atoms with Crippen molar-refractivity contribution in [3.05, 3.63) is 0 Å². The van der Waals surface area contributed by atoms with Crippen molar-refractivity contribution >= 4 is 39.5 Å². The third-order valence-corrected chi connectivity index (χ3v) is 19.6. The molecule has 0 aromatic carbocycles. The fourth-order valence-electron chi connectivity index (χ4n) is 11.4. The van der Waals surface area contributed by atoms with Gasteiger partial charge in [0.2, 0.25) is 0 Å². The van der Waals surface area contributed by atoms with Crippen LogP contribution in [0.5, 0.6) is 0 Å². The molecular formula is C75H146O17P2. The summed E-state index contributed by atoms with van der Waals surface area (Å²) >= 11 is 0. The first-order valence-electron chi connectivity index (χ1n) is 38.9. The number of rotatable bonds is 73. The molecule has 17 nitrogen and oxygen atoms in total. The summed E-state index contributed by atoms with van der Waals surface area (Å²) in [7, 11) is -9.91. The second-order valence-electron chi connectivity index (χ2n) is 28.2. The lowest BCUT2D eigenvalue weighted by Gasteiger charge is -2.21. The Morgan fingerprint density at radius 3 is 0.809 bits per heavy atom. The topological polar surface area (TPSA) is 237 Å². The molecule has 0 amide bonds. The van der Waals surface area contributed by atoms with Gasteiger partial charge in [0.1, 0.15) is 19.3 Å². The first kappa shape index (κ1) is 92.1. The van der Waals surface area contributed by atoms with Crippen LogP contribution in [-0.2, 0) is 65.4 Å². The van der Waals surface area contributed by atoms with E-state index in [1.807, 2.05) is 0 Å². The van der Waals surface area contributed by atoms with Crippen molar-refractivity contribution in [3.8, 4) is 0 Å². The average molecular weight is 1380 g/mol. The molecule has 3 unspecified atom stereocenters. The maximum absolute atomic E-state index is 13.1. The minimum atomic E-state index is -4.96. The van der Waals surface area contributed by atoms with E-state index in [2.05, 4.69) is 48.5 Å². The molecular weight excluding hydrogens is 1230 g/mol. The van der Waals surface area contributed by atoms with Gasteiger partial charge in [0.15, 0.2) is 12.2 Å². The van der Waals surface area contributed by atoms with E-state index in [-0.39, 0.29) is 25.7 Å². The summed E-state index contributed by atoms with van der Waals surface area (Å²) in [6.45, 7) is 11.9. The molecule has 0 rings (SSSR count). The quantitative estimate of drug-likeness (QED) is 0.0222. The van der Waals surface area contributed by atoms with E-state index in [1.165, 1.54) is 186 Å². The Labute approximate surface area is 575 Å². The molecule has 19 heteroatoms. The Hall–Kier alpha value is -1.94. The minimum Gasteiger partial charge on any atom is -0.462 e. The second-order valence-corrected chi connectivity index (χ2v) is 31.1. The Balaban J connectivity index is 5.16. The third-order valence-electron chi connectivity index (χ3n) is 17.7. The fraction of sp³-hybridized carbons (Fsp3) is 0.947. The number of phosphoric ester groups is 2. The lowest BCUT2D eigenvalue weighted by atomic mass is 9.99. The molecule has 0 heterocycles. The van der Waals surface area contributed by atoms with Crippen LogP contribution in [0.3, 0.4) is 0 Å². The molecule has 0 aliphatic carbocycles. The second kappa shape index (κ2) is 65.7. The van der Waals surface area contributed by atoms with Crippen LogP contribution in [-0.4, -0.2) is 96.7 Å². The van der Waals surface area contributed by atoms with Gasteiger partial charge in [0.05, 0.1) is 26.4 Å². The summed E-state index contributed by atoms with van der Waals surface area (Å²) < 4.78 is 68.4. The Morgan fingerprint density at radius 2 is 0.543 bits per heavy atom. The molecule has 0 aliphatic heterocycles. The van der Waals surface area contributed by atoms with Crippen LogP contribution >= 0.6 is 15.6 Å². The van der Waals surface area contributed by atoms with E-state index >= 15 is 0 Å². The smallest absolute Gasteiger partial charge is 0.462 e. The van der Waals surface area contributed by atoms with Crippen LogP contribution in [0.1, 0.15) is 382 Å². The van der Waals surface area contributed by atoms with Gasteiger partial charge in [-0.25, -0.2) is 9.13 Å². The van der Waals surface area contributed by atoms with Crippen molar-refractivity contribution in [1.29, 1.82) is 0 Å². The zero-order chi connectivity index (χ0) is 69.4. The summed E-state index contributed by atoms with van der Waals surface area (Å²) in [4.78, 5) is 72.6. The van der Waals surface area contributed by atoms with E-state index in [1.54, 1.807) is 0 Å². The van der Waals surface area contributed by atoms with Crippen LogP contribution in [0.25, 0.3) is 0 Å². The lowest BCUT2D eigenvalue weighted by Crippen LogP contribution is -2.30. The van der Waals surface area contributed by atoms with Crippen LogP contribution in [0, 0.1) is 17.8 Å². The molecule has 0 spiro atoms. The molecule has 0 bridgehead atoms. The molecule has 558 valence electrons. The number of aliphatic hydroxyl groups excluding tert-OH is 1. The maximum atomic E-state index is 13.1. The van der Waals surface area contributed by atoms with Crippen molar-refractivity contribution in [2.75, 3.05) is 39.6 Å². The molecule has 0 saturated heterocycles. The van der Waals surface area contributed by atoms with Gasteiger partial charge < -0.3 is 33.8 Å². The molecule has 6 atom stereocenters. The number of aliphatic hydroxyl groups is 1. The number of phosphoric acid groups is 2. The molecule has 0 aromatic heterocycles. The molecule has 0 aromatic rings. The summed E-state index contributed by atoms with van der Waals surface area (Å²) in [6.07, 6.45) is 51.5. The highest BCUT2D eigenvalue weighted by atomic mass is 31.2. The summed E-state index contributed by atoms with van der Waals surface area (Å²) in [5.74, 6) is 0.181. The standard InChI is InChI=1S/C75H146O17P2/c1-8-10-11-12-13-14-23-27-36-44-51-58-74(79)92-71(63-86-73(78)57-50-43-38-31-33-40-47-54-67(5)6)65-90-94(83,84)88-61-69(76)60-87-93(81,82)89-64-70(62-85-72(77)56-49-42-35-30-29-32-39-46-53-66(3)4)91-75(80)59-52-45-37-28-25-22-20-18-16-15-17-19-21-24-26-34-41-48-55-68(7)9-2/h66-71,76H,8-65H2,1-7H3,(H,81,82)(H,83,84)/t68?,69-,70-,71-/m1/s1. The highest BCUT2D eigenvalue weighted by Gasteiger charge is 2.30. The van der Waals surface area contributed by atoms with Crippen LogP contribution in [0.2, 0.25) is 0 Å². The SMILES string of the molecule is CCCCCCCCCCCCCC(=O)O[C@H](COC(=O)CCCCCCCCCC(C)C)COP(=O)(O)OC[C@H](O)COP(=O)(O)OC[C@@H](COC(=O)CCCCCCCCCCC(C)C)OC(=O)CCCCCCCCCCCCCCCCCCCCC(C)CC. The van der Waals surface area contributed by atoms with Crippen LogP contribution in [0.4, 0.5) is 0 Å². The first-order valence-corrected chi connectivity index (χ1v) is 41.9. The average Bonchev–Trinajstić information content (AvgIpc) is 2.01. The highest BCUT2D eigenvalue weighted by molar-refractivity contribution is 7.47. The van der Waals surface area contributed by atoms with Crippen molar-refractivity contribution in [2.45, 2.75) is 401 Å². The number of unbranched alkanes of at least 4 members (excludes halogenated alkanes) is 40. The van der Waals surface area contributed by atoms with Gasteiger partial charge in [0.25, 0.3) is 0 Å². The Morgan fingerprint density at radius 1 is 0.309 bits per heavy atom. The molecule has 0 saturated carbocycles. The normalized spacial score (nSPS) is 14.4. The number of carbonyl (C=O) groups is 4. The molecule has 0 aliphatic rings. The van der Waals surface area contributed by atoms with E-state index in [9.17, 15) is 43.2 Å². The van der Waals surface area contributed by atoms with Crippen molar-refractivity contribution in [1.82, 2.24) is 0 Å². The largest absolute Gasteiger partial charge is 0.472 e. The van der Waals surface area contributed by atoms with Gasteiger partial charge in [-0.05, 0) is 43.4 Å². The fourth-order valence-corrected chi connectivity index (χ4v) is 13.0. The predicted molar refractivity (Wildman–Crippen MR) is 381 cm³/mol. The monoisotopic (exact) mass is 1380 g/mol. The van der Waals surface area contributed by atoms with Gasteiger partial charge in [0, 0.05) is 25.7 Å². The highest BCUT2D eigenvalue weighted by Crippen LogP contribution is 2.45. The van der Waals surface area contributed by atoms with E-state index < -0.39 is 97.5 Å². The Bertz CT molecular complexity index is 1840. The molecule has 0 fully saturated rings. The number of hydrogen-bond donors (Lipinski definition) is 3. The maximum Gasteiger partial charge on any atom is 0.472 e. The van der Waals surface area contributed by atoms with Gasteiger partial charge in [-0.2, -0.15) is 0 Å². The number of carbonyl (C=O) groups excluding carboxylic acids is 4. The van der Waals surface area contributed by atoms with Crippen molar-refractivity contribution < 1.29 is 80.2 Å². The van der Waals surface area contributed by atoms with E-state index in [0.29, 0.717) is 31.6 Å². The third kappa shape index (κ3) is 67.3. The van der Waals surface area contributed by atoms with Crippen LogP contribution in [0.15, 0.2) is 0 Å². The molecule has 3 N–H and O–H groups in total. The number of ether oxygens (including phenoxy) is 4. The van der Waals surface area contributed by atoms with E-state index in [4.69, 9.17) is 37.0 Å². The van der Waals surface area contributed by atoms with Crippen LogP contribution < -0.4 is 0 Å². The van der Waals surface area contributed by atoms with Crippen molar-refractivity contribution in [2.24, 2.45) is 17.8 Å². The Kier molecular flexibility index (Phi) is 64.3. The predicted octanol–water partition coefficient (Wildman–Crippen LogP) is 21.8. The van der Waals surface area contributed by atoms with Gasteiger partial charge in [-0.3, -0.25) is 37.3 Å². The van der Waals surface area contributed by atoms with Gasteiger partial charge in [-0.15, -0.1) is 0 Å². The van der Waals surface area contributed by atoms with Crippen molar-refractivity contribution in [3.63, 3.8) is 0 Å². The number of esters is 4. The van der Waals surface area contributed by atoms with Gasteiger partial charge >= 0.3 is 39.5 Å². The molecule has 94 heavy (non-hydrogen) atoms. The molecule has 0 radical (unpaired) electrons.